The molecule has 0 spiro atoms. The van der Waals surface area contributed by atoms with Crippen LogP contribution in [0.1, 0.15) is 45.1 Å². The lowest BCUT2D eigenvalue weighted by atomic mass is 9.67. The monoisotopic (exact) mass is 713 g/mol. The van der Waals surface area contributed by atoms with Crippen LogP contribution in [0.5, 0.6) is 0 Å². The van der Waals surface area contributed by atoms with Gasteiger partial charge in [0.25, 0.3) is 0 Å². The highest BCUT2D eigenvalue weighted by Gasteiger charge is 2.47. The van der Waals surface area contributed by atoms with E-state index in [0.717, 1.165) is 28.1 Å². The minimum atomic E-state index is -0.514. The molecule has 56 heavy (non-hydrogen) atoms. The van der Waals surface area contributed by atoms with Crippen molar-refractivity contribution in [3.63, 3.8) is 0 Å². The first kappa shape index (κ1) is 32.2. The van der Waals surface area contributed by atoms with E-state index in [-0.39, 0.29) is 5.92 Å². The Bertz CT molecular complexity index is 2870. The van der Waals surface area contributed by atoms with Crippen molar-refractivity contribution in [2.45, 2.75) is 11.3 Å². The third-order valence-electron chi connectivity index (χ3n) is 11.7. The molecule has 11 rings (SSSR count). The maximum absolute atomic E-state index is 5.40. The molecule has 1 atom stereocenters. The standard InChI is InChI=1S/C53H35N3/c1-4-17-35(18-5-1)37-21-16-22-38(33-37)51-54-50(36-19-6-2-7-20-36)55-52(56-51)49-45-28-11-10-25-41(45)42-32-31-40(34-46(42)49)53(39-23-8-3-9-24-39)47-29-14-12-26-43(47)44-27-13-15-30-48(44)53/h1-34,49H. The van der Waals surface area contributed by atoms with Gasteiger partial charge in [-0.15, -0.1) is 0 Å². The predicted octanol–water partition coefficient (Wildman–Crippen LogP) is 12.4. The van der Waals surface area contributed by atoms with Crippen molar-refractivity contribution in [3.8, 4) is 56.2 Å². The number of nitrogens with zero attached hydrogens (tertiary/aromatic N) is 3. The Labute approximate surface area is 326 Å². The maximum atomic E-state index is 5.40. The number of rotatable bonds is 6. The highest BCUT2D eigenvalue weighted by Crippen LogP contribution is 2.57. The van der Waals surface area contributed by atoms with Gasteiger partial charge in [-0.05, 0) is 72.8 Å². The second-order valence-corrected chi connectivity index (χ2v) is 14.7. The van der Waals surface area contributed by atoms with E-state index in [9.17, 15) is 0 Å². The fourth-order valence-electron chi connectivity index (χ4n) is 9.27. The average molecular weight is 714 g/mol. The van der Waals surface area contributed by atoms with Crippen molar-refractivity contribution >= 4 is 0 Å². The lowest BCUT2D eigenvalue weighted by Crippen LogP contribution is -2.28. The second-order valence-electron chi connectivity index (χ2n) is 14.7. The summed E-state index contributed by atoms with van der Waals surface area (Å²) in [5.74, 6) is 1.86. The molecule has 9 aromatic rings. The topological polar surface area (TPSA) is 38.7 Å². The van der Waals surface area contributed by atoms with Crippen molar-refractivity contribution < 1.29 is 0 Å². The van der Waals surface area contributed by atoms with E-state index in [1.165, 1.54) is 55.6 Å². The zero-order chi connectivity index (χ0) is 37.1. The van der Waals surface area contributed by atoms with Crippen molar-refractivity contribution in [2.75, 3.05) is 0 Å². The third kappa shape index (κ3) is 4.94. The van der Waals surface area contributed by atoms with E-state index in [0.29, 0.717) is 11.6 Å². The van der Waals surface area contributed by atoms with Gasteiger partial charge in [-0.25, -0.2) is 15.0 Å². The molecule has 0 amide bonds. The average Bonchev–Trinajstić information content (AvgIpc) is 3.78. The van der Waals surface area contributed by atoms with Gasteiger partial charge in [-0.1, -0.05) is 200 Å². The number of fused-ring (bicyclic) bond motifs is 6. The zero-order valence-corrected chi connectivity index (χ0v) is 30.5. The minimum Gasteiger partial charge on any atom is -0.212 e. The van der Waals surface area contributed by atoms with E-state index in [1.54, 1.807) is 0 Å². The molecule has 0 aliphatic heterocycles. The summed E-state index contributed by atoms with van der Waals surface area (Å²) in [6.07, 6.45) is 0. The molecule has 3 heteroatoms. The lowest BCUT2D eigenvalue weighted by molar-refractivity contribution is 0.763. The number of hydrogen-bond acceptors (Lipinski definition) is 3. The van der Waals surface area contributed by atoms with Gasteiger partial charge in [-0.2, -0.15) is 0 Å². The molecule has 0 N–H and O–H groups in total. The molecule has 0 bridgehead atoms. The van der Waals surface area contributed by atoms with Gasteiger partial charge >= 0.3 is 0 Å². The quantitative estimate of drug-likeness (QED) is 0.172. The molecule has 0 saturated carbocycles. The van der Waals surface area contributed by atoms with Gasteiger partial charge in [0.1, 0.15) is 5.82 Å². The summed E-state index contributed by atoms with van der Waals surface area (Å²) in [6, 6.07) is 74.0. The molecule has 0 fully saturated rings. The Morgan fingerprint density at radius 3 is 1.54 bits per heavy atom. The molecular weight excluding hydrogens is 679 g/mol. The predicted molar refractivity (Wildman–Crippen MR) is 226 cm³/mol. The smallest absolute Gasteiger partial charge is 0.163 e. The first-order valence-corrected chi connectivity index (χ1v) is 19.2. The Morgan fingerprint density at radius 1 is 0.321 bits per heavy atom. The molecule has 1 heterocycles. The summed E-state index contributed by atoms with van der Waals surface area (Å²) in [7, 11) is 0. The molecular formula is C53H35N3. The van der Waals surface area contributed by atoms with Gasteiger partial charge < -0.3 is 0 Å². The first-order chi connectivity index (χ1) is 27.8. The summed E-state index contributed by atoms with van der Waals surface area (Å²) in [4.78, 5) is 15.9. The Morgan fingerprint density at radius 2 is 0.839 bits per heavy atom. The summed E-state index contributed by atoms with van der Waals surface area (Å²) in [5.41, 5.74) is 16.1. The van der Waals surface area contributed by atoms with E-state index < -0.39 is 5.41 Å². The van der Waals surface area contributed by atoms with Gasteiger partial charge in [-0.3, -0.25) is 0 Å². The van der Waals surface area contributed by atoms with Gasteiger partial charge in [0.05, 0.1) is 11.3 Å². The van der Waals surface area contributed by atoms with Crippen LogP contribution in [-0.2, 0) is 5.41 Å². The fourth-order valence-corrected chi connectivity index (χ4v) is 9.27. The Balaban J connectivity index is 1.15. The van der Waals surface area contributed by atoms with Crippen molar-refractivity contribution in [3.05, 3.63) is 245 Å². The van der Waals surface area contributed by atoms with Crippen molar-refractivity contribution in [1.82, 2.24) is 15.0 Å². The zero-order valence-electron chi connectivity index (χ0n) is 30.5. The molecule has 8 aromatic carbocycles. The van der Waals surface area contributed by atoms with Crippen LogP contribution in [-0.4, -0.2) is 15.0 Å². The Kier molecular flexibility index (Phi) is 7.46. The first-order valence-electron chi connectivity index (χ1n) is 19.2. The van der Waals surface area contributed by atoms with Crippen LogP contribution < -0.4 is 0 Å². The maximum Gasteiger partial charge on any atom is 0.163 e. The molecule has 1 aromatic heterocycles. The molecule has 1 unspecified atom stereocenters. The third-order valence-corrected chi connectivity index (χ3v) is 11.7. The van der Waals surface area contributed by atoms with Crippen LogP contribution >= 0.6 is 0 Å². The molecule has 2 aliphatic rings. The minimum absolute atomic E-state index is 0.206. The number of benzene rings is 8. The van der Waals surface area contributed by atoms with Crippen LogP contribution in [0.3, 0.4) is 0 Å². The fraction of sp³-hybridized carbons (Fsp3) is 0.0377. The van der Waals surface area contributed by atoms with Gasteiger partial charge in [0, 0.05) is 11.1 Å². The Hall–Kier alpha value is -7.23. The van der Waals surface area contributed by atoms with Crippen LogP contribution in [0.25, 0.3) is 56.2 Å². The molecule has 3 nitrogen and oxygen atoms in total. The summed E-state index contributed by atoms with van der Waals surface area (Å²) in [5, 5.41) is 0. The van der Waals surface area contributed by atoms with E-state index in [4.69, 9.17) is 15.0 Å². The van der Waals surface area contributed by atoms with Crippen LogP contribution in [0.4, 0.5) is 0 Å². The SMILES string of the molecule is c1ccc(-c2cccc(-c3nc(-c4ccccc4)nc(C4c5ccccc5-c5ccc(C6(c7ccccc7)c7ccccc7-c7ccccc76)cc54)n3)c2)cc1. The highest BCUT2D eigenvalue weighted by molar-refractivity contribution is 5.88. The largest absolute Gasteiger partial charge is 0.212 e. The summed E-state index contributed by atoms with van der Waals surface area (Å²) < 4.78 is 0. The lowest BCUT2D eigenvalue weighted by Gasteiger charge is -2.34. The van der Waals surface area contributed by atoms with Crippen LogP contribution in [0.15, 0.2) is 206 Å². The number of aromatic nitrogens is 3. The van der Waals surface area contributed by atoms with Gasteiger partial charge in [0.15, 0.2) is 11.6 Å². The normalized spacial score (nSPS) is 14.4. The highest BCUT2D eigenvalue weighted by atomic mass is 15.0. The second kappa shape index (κ2) is 13.0. The van der Waals surface area contributed by atoms with Crippen LogP contribution in [0, 0.1) is 0 Å². The van der Waals surface area contributed by atoms with Gasteiger partial charge in [0.2, 0.25) is 0 Å². The molecule has 0 radical (unpaired) electrons. The van der Waals surface area contributed by atoms with E-state index in [2.05, 4.69) is 182 Å². The van der Waals surface area contributed by atoms with Crippen molar-refractivity contribution in [1.29, 1.82) is 0 Å². The van der Waals surface area contributed by atoms with E-state index in [1.807, 2.05) is 24.3 Å². The number of hydrogen-bond donors (Lipinski definition) is 0. The molecule has 262 valence electrons. The summed E-state index contributed by atoms with van der Waals surface area (Å²) in [6.45, 7) is 0. The molecule has 2 aliphatic carbocycles. The summed E-state index contributed by atoms with van der Waals surface area (Å²) >= 11 is 0. The van der Waals surface area contributed by atoms with Crippen LogP contribution in [0.2, 0.25) is 0 Å². The van der Waals surface area contributed by atoms with E-state index >= 15 is 0 Å². The molecule has 0 saturated heterocycles. The van der Waals surface area contributed by atoms with Crippen molar-refractivity contribution in [2.24, 2.45) is 0 Å².